The maximum absolute atomic E-state index is 12.9. The predicted octanol–water partition coefficient (Wildman–Crippen LogP) is 3.93. The summed E-state index contributed by atoms with van der Waals surface area (Å²) in [5.74, 6) is -0.340. The third-order valence-electron chi connectivity index (χ3n) is 5.81. The zero-order valence-electron chi connectivity index (χ0n) is 19.9. The standard InChI is InChI=1S/C24H29N7O2S/c1-13(8-15-9-25-12-28-15)29-23(33)19-7-6-18(34-19)17-11-27-21-20(31-17)16(10-26-21)22(32)30-14(2)24(3,4)5/h6-7,9-14H,8H2,1-5H3,(H,25,28)(H,26,27)(H,29,33)(H,30,32)/t13-,14+/m1/s1. The molecule has 0 aliphatic carbocycles. The zero-order chi connectivity index (χ0) is 24.5. The van der Waals surface area contributed by atoms with E-state index in [-0.39, 0.29) is 29.3 Å². The topological polar surface area (TPSA) is 128 Å². The van der Waals surface area contributed by atoms with Crippen molar-refractivity contribution in [1.29, 1.82) is 0 Å². The first kappa shape index (κ1) is 23.6. The predicted molar refractivity (Wildman–Crippen MR) is 133 cm³/mol. The van der Waals surface area contributed by atoms with Crippen molar-refractivity contribution in [3.05, 3.63) is 53.2 Å². The van der Waals surface area contributed by atoms with Gasteiger partial charge in [-0.25, -0.2) is 15.0 Å². The van der Waals surface area contributed by atoms with Crippen LogP contribution in [0.2, 0.25) is 0 Å². The molecule has 0 unspecified atom stereocenters. The molecule has 4 aromatic rings. The Bertz CT molecular complexity index is 1300. The molecule has 10 heteroatoms. The summed E-state index contributed by atoms with van der Waals surface area (Å²) in [6, 6.07) is 3.56. The van der Waals surface area contributed by atoms with Crippen molar-refractivity contribution in [2.45, 2.75) is 53.1 Å². The van der Waals surface area contributed by atoms with Gasteiger partial charge in [0.1, 0.15) is 5.52 Å². The Kier molecular flexibility index (Phi) is 6.52. The lowest BCUT2D eigenvalue weighted by atomic mass is 9.88. The average Bonchev–Trinajstić information content (AvgIpc) is 3.52. The molecular formula is C24H29N7O2S. The number of hydrogen-bond acceptors (Lipinski definition) is 6. The van der Waals surface area contributed by atoms with E-state index in [2.05, 4.69) is 51.3 Å². The van der Waals surface area contributed by atoms with Gasteiger partial charge >= 0.3 is 0 Å². The van der Waals surface area contributed by atoms with Crippen molar-refractivity contribution in [3.63, 3.8) is 0 Å². The number of rotatable bonds is 7. The number of hydrogen-bond donors (Lipinski definition) is 4. The molecule has 4 rings (SSSR count). The minimum absolute atomic E-state index is 0.0184. The van der Waals surface area contributed by atoms with E-state index in [0.29, 0.717) is 33.7 Å². The largest absolute Gasteiger partial charge is 0.349 e. The fourth-order valence-electron chi connectivity index (χ4n) is 3.34. The summed E-state index contributed by atoms with van der Waals surface area (Å²) in [6.45, 7) is 10.2. The minimum Gasteiger partial charge on any atom is -0.349 e. The maximum Gasteiger partial charge on any atom is 0.261 e. The Morgan fingerprint density at radius 2 is 1.88 bits per heavy atom. The number of carbonyl (C=O) groups is 2. The van der Waals surface area contributed by atoms with Crippen molar-refractivity contribution in [2.75, 3.05) is 0 Å². The highest BCUT2D eigenvalue weighted by Crippen LogP contribution is 2.28. The second-order valence-electron chi connectivity index (χ2n) is 9.54. The Morgan fingerprint density at radius 3 is 2.59 bits per heavy atom. The van der Waals surface area contributed by atoms with Crippen LogP contribution < -0.4 is 10.6 Å². The number of aromatic amines is 2. The van der Waals surface area contributed by atoms with Gasteiger partial charge < -0.3 is 20.6 Å². The van der Waals surface area contributed by atoms with Crippen LogP contribution in [0.4, 0.5) is 0 Å². The Morgan fingerprint density at radius 1 is 1.09 bits per heavy atom. The van der Waals surface area contributed by atoms with Crippen LogP contribution in [0, 0.1) is 5.41 Å². The van der Waals surface area contributed by atoms with Gasteiger partial charge in [0, 0.05) is 36.6 Å². The molecule has 2 amide bonds. The smallest absolute Gasteiger partial charge is 0.261 e. The maximum atomic E-state index is 12.9. The SMILES string of the molecule is C[C@H](Cc1cnc[nH]1)NC(=O)c1ccc(-c2cnc3[nH]cc(C(=O)N[C@@H](C)C(C)(C)C)c3n2)s1. The van der Waals surface area contributed by atoms with Gasteiger partial charge in [0.2, 0.25) is 0 Å². The lowest BCUT2D eigenvalue weighted by Gasteiger charge is -2.27. The molecular weight excluding hydrogens is 450 g/mol. The molecule has 4 aromatic heterocycles. The number of carbonyl (C=O) groups excluding carboxylic acids is 2. The van der Waals surface area contributed by atoms with Crippen LogP contribution in [0.5, 0.6) is 0 Å². The summed E-state index contributed by atoms with van der Waals surface area (Å²) in [5, 5.41) is 6.05. The highest BCUT2D eigenvalue weighted by Gasteiger charge is 2.24. The summed E-state index contributed by atoms with van der Waals surface area (Å²) in [7, 11) is 0. The fraction of sp³-hybridized carbons (Fsp3) is 0.375. The van der Waals surface area contributed by atoms with E-state index in [1.54, 1.807) is 31.0 Å². The molecule has 0 aromatic carbocycles. The van der Waals surface area contributed by atoms with E-state index in [1.165, 1.54) is 11.3 Å². The van der Waals surface area contributed by atoms with E-state index in [1.807, 2.05) is 19.9 Å². The van der Waals surface area contributed by atoms with Gasteiger partial charge in [0.05, 0.1) is 33.5 Å². The third-order valence-corrected chi connectivity index (χ3v) is 6.92. The van der Waals surface area contributed by atoms with E-state index in [0.717, 1.165) is 10.6 Å². The van der Waals surface area contributed by atoms with E-state index in [4.69, 9.17) is 4.98 Å². The lowest BCUT2D eigenvalue weighted by Crippen LogP contribution is -2.41. The van der Waals surface area contributed by atoms with Crippen molar-refractivity contribution < 1.29 is 9.59 Å². The first-order valence-electron chi connectivity index (χ1n) is 11.1. The van der Waals surface area contributed by atoms with Crippen molar-refractivity contribution >= 4 is 34.3 Å². The van der Waals surface area contributed by atoms with Crippen LogP contribution in [0.1, 0.15) is 60.3 Å². The number of imidazole rings is 1. The highest BCUT2D eigenvalue weighted by molar-refractivity contribution is 7.17. The first-order chi connectivity index (χ1) is 16.1. The van der Waals surface area contributed by atoms with Crippen LogP contribution in [-0.2, 0) is 6.42 Å². The number of aromatic nitrogens is 5. The van der Waals surface area contributed by atoms with Gasteiger partial charge in [-0.05, 0) is 31.4 Å². The fourth-order valence-corrected chi connectivity index (χ4v) is 4.21. The van der Waals surface area contributed by atoms with Gasteiger partial charge in [-0.1, -0.05) is 20.8 Å². The number of nitrogens with one attached hydrogen (secondary N) is 4. The molecule has 0 spiro atoms. The zero-order valence-corrected chi connectivity index (χ0v) is 20.7. The van der Waals surface area contributed by atoms with Gasteiger partial charge in [-0.15, -0.1) is 11.3 Å². The number of amides is 2. The van der Waals surface area contributed by atoms with Crippen LogP contribution in [-0.4, -0.2) is 48.8 Å². The molecule has 178 valence electrons. The second kappa shape index (κ2) is 9.38. The number of nitrogens with zero attached hydrogens (tertiary/aromatic N) is 3. The highest BCUT2D eigenvalue weighted by atomic mass is 32.1. The quantitative estimate of drug-likeness (QED) is 0.319. The molecule has 0 aliphatic rings. The Hall–Kier alpha value is -3.53. The first-order valence-corrected chi connectivity index (χ1v) is 12.0. The van der Waals surface area contributed by atoms with Crippen LogP contribution in [0.25, 0.3) is 21.7 Å². The van der Waals surface area contributed by atoms with E-state index < -0.39 is 0 Å². The Labute approximate surface area is 201 Å². The summed E-state index contributed by atoms with van der Waals surface area (Å²) in [4.78, 5) is 46.2. The van der Waals surface area contributed by atoms with E-state index >= 15 is 0 Å². The number of fused-ring (bicyclic) bond motifs is 1. The van der Waals surface area contributed by atoms with Crippen LogP contribution in [0.15, 0.2) is 37.1 Å². The average molecular weight is 480 g/mol. The van der Waals surface area contributed by atoms with Crippen LogP contribution in [0.3, 0.4) is 0 Å². The molecule has 4 heterocycles. The summed E-state index contributed by atoms with van der Waals surface area (Å²) in [5.41, 5.74) is 3.00. The van der Waals surface area contributed by atoms with Gasteiger partial charge in [0.15, 0.2) is 5.65 Å². The third kappa shape index (κ3) is 5.17. The second-order valence-corrected chi connectivity index (χ2v) is 10.6. The summed E-state index contributed by atoms with van der Waals surface area (Å²) >= 11 is 1.34. The summed E-state index contributed by atoms with van der Waals surface area (Å²) in [6.07, 6.45) is 7.32. The number of H-pyrrole nitrogens is 2. The van der Waals surface area contributed by atoms with E-state index in [9.17, 15) is 9.59 Å². The van der Waals surface area contributed by atoms with Gasteiger partial charge in [-0.3, -0.25) is 9.59 Å². The monoisotopic (exact) mass is 479 g/mol. The Balaban J connectivity index is 1.50. The normalized spacial score (nSPS) is 13.6. The molecule has 34 heavy (non-hydrogen) atoms. The minimum atomic E-state index is -0.197. The van der Waals surface area contributed by atoms with Gasteiger partial charge in [-0.2, -0.15) is 0 Å². The molecule has 2 atom stereocenters. The number of thiophene rings is 1. The van der Waals surface area contributed by atoms with Crippen LogP contribution >= 0.6 is 11.3 Å². The molecule has 0 fully saturated rings. The molecule has 0 saturated heterocycles. The van der Waals surface area contributed by atoms with Crippen molar-refractivity contribution in [3.8, 4) is 10.6 Å². The molecule has 0 radical (unpaired) electrons. The molecule has 0 saturated carbocycles. The van der Waals surface area contributed by atoms with Crippen molar-refractivity contribution in [2.24, 2.45) is 5.41 Å². The van der Waals surface area contributed by atoms with Crippen molar-refractivity contribution in [1.82, 2.24) is 35.6 Å². The molecule has 4 N–H and O–H groups in total. The molecule has 9 nitrogen and oxygen atoms in total. The summed E-state index contributed by atoms with van der Waals surface area (Å²) < 4.78 is 0. The molecule has 0 bridgehead atoms. The van der Waals surface area contributed by atoms with Gasteiger partial charge in [0.25, 0.3) is 11.8 Å². The molecule has 0 aliphatic heterocycles. The lowest BCUT2D eigenvalue weighted by molar-refractivity contribution is 0.0909.